The number of nitrogens with one attached hydrogen (secondary N) is 2. The van der Waals surface area contributed by atoms with E-state index in [1.54, 1.807) is 29.2 Å². The Bertz CT molecular complexity index is 1220. The highest BCUT2D eigenvalue weighted by atomic mass is 16.5. The van der Waals surface area contributed by atoms with Crippen molar-refractivity contribution >= 4 is 23.4 Å². The number of carbonyl (C=O) groups is 3. The topological polar surface area (TPSA) is 117 Å². The maximum Gasteiger partial charge on any atom is 0.246 e. The van der Waals surface area contributed by atoms with Crippen molar-refractivity contribution < 1.29 is 29.0 Å². The van der Waals surface area contributed by atoms with Gasteiger partial charge in [-0.1, -0.05) is 37.3 Å². The molecule has 9 heteroatoms. The Hall–Kier alpha value is -3.43. The minimum Gasteiger partial charge on any atom is -0.494 e. The maximum absolute atomic E-state index is 14.1. The monoisotopic (exact) mass is 549 g/mol. The SMILES string of the molecule is CCOc1ccc(NC(=O)[C@@H]2[C@H]3C(=O)N(CCCCO)C(C(=O)NCc4ccccc4)C34CC[C@@]2(CC)O4)cc1. The number of aliphatic hydroxyl groups excluding tert-OH is 1. The number of fused-ring (bicyclic) bond motifs is 1. The lowest BCUT2D eigenvalue weighted by atomic mass is 9.65. The van der Waals surface area contributed by atoms with E-state index >= 15 is 0 Å². The Kier molecular flexibility index (Phi) is 8.14. The summed E-state index contributed by atoms with van der Waals surface area (Å²) in [5.74, 6) is -1.54. The first kappa shape index (κ1) is 28.1. The van der Waals surface area contributed by atoms with E-state index in [1.165, 1.54) is 0 Å². The molecule has 2 unspecified atom stereocenters. The average Bonchev–Trinajstić information content (AvgIpc) is 3.57. The molecule has 3 N–H and O–H groups in total. The van der Waals surface area contributed by atoms with Gasteiger partial charge in [-0.3, -0.25) is 14.4 Å². The molecule has 3 heterocycles. The van der Waals surface area contributed by atoms with Crippen LogP contribution in [0.1, 0.15) is 51.5 Å². The Labute approximate surface area is 235 Å². The number of hydrogen-bond acceptors (Lipinski definition) is 6. The van der Waals surface area contributed by atoms with Crippen molar-refractivity contribution in [3.8, 4) is 5.75 Å². The Balaban J connectivity index is 1.43. The molecule has 3 aliphatic heterocycles. The van der Waals surface area contributed by atoms with Gasteiger partial charge in [-0.2, -0.15) is 0 Å². The van der Waals surface area contributed by atoms with Crippen molar-refractivity contribution in [2.75, 3.05) is 25.1 Å². The fraction of sp³-hybridized carbons (Fsp3) is 0.516. The summed E-state index contributed by atoms with van der Waals surface area (Å²) >= 11 is 0. The molecular formula is C31H39N3O6. The van der Waals surface area contributed by atoms with Crippen LogP contribution in [0.5, 0.6) is 5.75 Å². The zero-order valence-corrected chi connectivity index (χ0v) is 23.2. The summed E-state index contributed by atoms with van der Waals surface area (Å²) in [6.07, 6.45) is 2.75. The highest BCUT2D eigenvalue weighted by Gasteiger charge is 2.78. The van der Waals surface area contributed by atoms with Crippen LogP contribution in [0.4, 0.5) is 5.69 Å². The molecular weight excluding hydrogens is 510 g/mol. The van der Waals surface area contributed by atoms with Crippen molar-refractivity contribution in [3.63, 3.8) is 0 Å². The maximum atomic E-state index is 14.1. The van der Waals surface area contributed by atoms with Crippen LogP contribution < -0.4 is 15.4 Å². The third-order valence-electron chi connectivity index (χ3n) is 8.76. The van der Waals surface area contributed by atoms with Gasteiger partial charge < -0.3 is 30.1 Å². The minimum absolute atomic E-state index is 0.00400. The molecule has 5 rings (SSSR count). The summed E-state index contributed by atoms with van der Waals surface area (Å²) in [6.45, 7) is 5.08. The quantitative estimate of drug-likeness (QED) is 0.350. The van der Waals surface area contributed by atoms with Gasteiger partial charge >= 0.3 is 0 Å². The molecule has 0 radical (unpaired) electrons. The number of carbonyl (C=O) groups excluding carboxylic acids is 3. The first-order chi connectivity index (χ1) is 19.4. The smallest absolute Gasteiger partial charge is 0.246 e. The van der Waals surface area contributed by atoms with E-state index in [1.807, 2.05) is 44.2 Å². The first-order valence-electron chi connectivity index (χ1n) is 14.4. The summed E-state index contributed by atoms with van der Waals surface area (Å²) in [4.78, 5) is 43.4. The molecule has 0 aliphatic carbocycles. The largest absolute Gasteiger partial charge is 0.494 e. The van der Waals surface area contributed by atoms with Gasteiger partial charge in [0.25, 0.3) is 0 Å². The van der Waals surface area contributed by atoms with E-state index in [4.69, 9.17) is 9.47 Å². The number of rotatable bonds is 12. The Morgan fingerprint density at radius 1 is 1.05 bits per heavy atom. The molecule has 3 aliphatic rings. The molecule has 2 aromatic carbocycles. The first-order valence-corrected chi connectivity index (χ1v) is 14.4. The lowest BCUT2D eigenvalue weighted by Gasteiger charge is -2.34. The number of benzene rings is 2. The van der Waals surface area contributed by atoms with Crippen molar-refractivity contribution in [1.29, 1.82) is 0 Å². The molecule has 5 atom stereocenters. The molecule has 3 fully saturated rings. The number of aliphatic hydroxyl groups is 1. The average molecular weight is 550 g/mol. The minimum atomic E-state index is -1.08. The van der Waals surface area contributed by atoms with Crippen molar-refractivity contribution in [3.05, 3.63) is 60.2 Å². The molecule has 3 saturated heterocycles. The van der Waals surface area contributed by atoms with E-state index in [-0.39, 0.29) is 24.3 Å². The fourth-order valence-electron chi connectivity index (χ4n) is 6.95. The second-order valence-electron chi connectivity index (χ2n) is 10.9. The Morgan fingerprint density at radius 3 is 2.48 bits per heavy atom. The second-order valence-corrected chi connectivity index (χ2v) is 10.9. The van der Waals surface area contributed by atoms with Crippen LogP contribution in [0.15, 0.2) is 54.6 Å². The third-order valence-corrected chi connectivity index (χ3v) is 8.76. The summed E-state index contributed by atoms with van der Waals surface area (Å²) in [5.41, 5.74) is -0.326. The van der Waals surface area contributed by atoms with E-state index < -0.39 is 29.1 Å². The number of hydrogen-bond donors (Lipinski definition) is 3. The van der Waals surface area contributed by atoms with Crippen molar-refractivity contribution in [2.24, 2.45) is 11.8 Å². The van der Waals surface area contributed by atoms with Crippen LogP contribution in [0, 0.1) is 11.8 Å². The molecule has 9 nitrogen and oxygen atoms in total. The standard InChI is InChI=1S/C31H39N3O6/c1-3-30-16-17-31(40-30)25(24(30)27(36)33-22-12-14-23(15-13-22)39-4-2)29(38)34(18-8-9-19-35)26(31)28(37)32-20-21-10-6-5-7-11-21/h5-7,10-15,24-26,35H,3-4,8-9,16-20H2,1-2H3,(H,32,37)(H,33,36)/t24-,25-,26?,30+,31?/m0/s1. The highest BCUT2D eigenvalue weighted by Crippen LogP contribution is 2.64. The second kappa shape index (κ2) is 11.6. The number of likely N-dealkylation sites (tertiary alicyclic amines) is 1. The lowest BCUT2D eigenvalue weighted by Crippen LogP contribution is -2.55. The van der Waals surface area contributed by atoms with E-state index in [2.05, 4.69) is 10.6 Å². The lowest BCUT2D eigenvalue weighted by molar-refractivity contribution is -0.146. The van der Waals surface area contributed by atoms with Crippen LogP contribution in [-0.2, 0) is 25.7 Å². The molecule has 40 heavy (non-hydrogen) atoms. The van der Waals surface area contributed by atoms with Gasteiger partial charge in [0.2, 0.25) is 17.7 Å². The van der Waals surface area contributed by atoms with Gasteiger partial charge in [0.15, 0.2) is 0 Å². The van der Waals surface area contributed by atoms with Crippen LogP contribution in [0.3, 0.4) is 0 Å². The van der Waals surface area contributed by atoms with E-state index in [0.29, 0.717) is 63.2 Å². The molecule has 0 aromatic heterocycles. The summed E-state index contributed by atoms with van der Waals surface area (Å²) in [5, 5.41) is 15.4. The number of amides is 3. The molecule has 0 saturated carbocycles. The third kappa shape index (κ3) is 4.86. The predicted octanol–water partition coefficient (Wildman–Crippen LogP) is 3.27. The normalized spacial score (nSPS) is 28.4. The van der Waals surface area contributed by atoms with E-state index in [9.17, 15) is 19.5 Å². The van der Waals surface area contributed by atoms with Gasteiger partial charge in [0.05, 0.1) is 24.0 Å². The highest BCUT2D eigenvalue weighted by molar-refractivity contribution is 6.02. The predicted molar refractivity (Wildman–Crippen MR) is 149 cm³/mol. The van der Waals surface area contributed by atoms with Gasteiger partial charge in [-0.05, 0) is 68.9 Å². The summed E-state index contributed by atoms with van der Waals surface area (Å²) < 4.78 is 12.3. The molecule has 2 bridgehead atoms. The summed E-state index contributed by atoms with van der Waals surface area (Å²) in [6, 6.07) is 15.9. The van der Waals surface area contributed by atoms with Crippen LogP contribution in [0.25, 0.3) is 0 Å². The van der Waals surface area contributed by atoms with Gasteiger partial charge in [-0.25, -0.2) is 0 Å². The van der Waals surface area contributed by atoms with Crippen LogP contribution in [0.2, 0.25) is 0 Å². The van der Waals surface area contributed by atoms with Crippen molar-refractivity contribution in [2.45, 2.75) is 69.7 Å². The molecule has 1 spiro atoms. The number of ether oxygens (including phenoxy) is 2. The number of nitrogens with zero attached hydrogens (tertiary/aromatic N) is 1. The van der Waals surface area contributed by atoms with Crippen LogP contribution >= 0.6 is 0 Å². The Morgan fingerprint density at radius 2 is 1.80 bits per heavy atom. The van der Waals surface area contributed by atoms with Crippen molar-refractivity contribution in [1.82, 2.24) is 10.2 Å². The fourth-order valence-corrected chi connectivity index (χ4v) is 6.95. The van der Waals surface area contributed by atoms with E-state index in [0.717, 1.165) is 5.56 Å². The zero-order chi connectivity index (χ0) is 28.3. The zero-order valence-electron chi connectivity index (χ0n) is 23.2. The molecule has 2 aromatic rings. The van der Waals surface area contributed by atoms with Gasteiger partial charge in [0, 0.05) is 25.4 Å². The summed E-state index contributed by atoms with van der Waals surface area (Å²) in [7, 11) is 0. The molecule has 214 valence electrons. The molecule has 3 amide bonds. The number of anilines is 1. The van der Waals surface area contributed by atoms with Crippen LogP contribution in [-0.4, -0.2) is 64.7 Å². The van der Waals surface area contributed by atoms with Gasteiger partial charge in [0.1, 0.15) is 17.4 Å². The van der Waals surface area contributed by atoms with Gasteiger partial charge in [-0.15, -0.1) is 0 Å². The number of unbranched alkanes of at least 4 members (excludes halogenated alkanes) is 1.